The van der Waals surface area contributed by atoms with Gasteiger partial charge in [-0.3, -0.25) is 0 Å². The number of hydrogen-bond donors (Lipinski definition) is 1. The monoisotopic (exact) mass is 287 g/mol. The van der Waals surface area contributed by atoms with Crippen LogP contribution in [0.5, 0.6) is 5.75 Å². The van der Waals surface area contributed by atoms with Crippen molar-refractivity contribution < 1.29 is 9.90 Å². The molecular formula is C10H7BrClNO2. The molecule has 0 spiro atoms. The van der Waals surface area contributed by atoms with Crippen molar-refractivity contribution >= 4 is 33.6 Å². The zero-order valence-corrected chi connectivity index (χ0v) is 9.97. The van der Waals surface area contributed by atoms with Gasteiger partial charge in [-0.05, 0) is 40.9 Å². The zero-order chi connectivity index (χ0) is 11.1. The van der Waals surface area contributed by atoms with Crippen molar-refractivity contribution in [2.24, 2.45) is 4.99 Å². The fourth-order valence-corrected chi connectivity index (χ4v) is 2.05. The molecule has 1 N–H and O–H groups in total. The molecule has 0 saturated heterocycles. The van der Waals surface area contributed by atoms with E-state index in [1.165, 1.54) is 12.1 Å². The van der Waals surface area contributed by atoms with Crippen LogP contribution in [-0.4, -0.2) is 11.2 Å². The van der Waals surface area contributed by atoms with Crippen molar-refractivity contribution in [3.63, 3.8) is 0 Å². The molecule has 0 bridgehead atoms. The van der Waals surface area contributed by atoms with Gasteiger partial charge in [0.25, 0.3) is 0 Å². The SMILES string of the molecule is O=C=NC1(c2cc(Cl)c(Br)cc2O)CC1. The molecular weight excluding hydrogens is 281 g/mol. The Balaban J connectivity index is 2.54. The van der Waals surface area contributed by atoms with Crippen LogP contribution < -0.4 is 0 Å². The maximum Gasteiger partial charge on any atom is 0.235 e. The third-order valence-corrected chi connectivity index (χ3v) is 3.72. The second kappa shape index (κ2) is 3.63. The zero-order valence-electron chi connectivity index (χ0n) is 7.63. The number of phenolic OH excluding ortho intramolecular Hbond substituents is 1. The molecule has 1 aromatic carbocycles. The molecule has 1 aromatic rings. The van der Waals surface area contributed by atoms with Gasteiger partial charge >= 0.3 is 0 Å². The van der Waals surface area contributed by atoms with E-state index < -0.39 is 5.54 Å². The lowest BCUT2D eigenvalue weighted by atomic mass is 10.0. The normalized spacial score (nSPS) is 16.9. The van der Waals surface area contributed by atoms with Crippen molar-refractivity contribution in [2.75, 3.05) is 0 Å². The molecule has 0 unspecified atom stereocenters. The van der Waals surface area contributed by atoms with Crippen molar-refractivity contribution in [1.29, 1.82) is 0 Å². The molecule has 0 aliphatic heterocycles. The van der Waals surface area contributed by atoms with Crippen LogP contribution in [0.25, 0.3) is 0 Å². The second-order valence-corrected chi connectivity index (χ2v) is 4.78. The van der Waals surface area contributed by atoms with Crippen LogP contribution >= 0.6 is 27.5 Å². The first-order valence-corrected chi connectivity index (χ1v) is 5.54. The summed E-state index contributed by atoms with van der Waals surface area (Å²) in [5, 5.41) is 10.2. The highest BCUT2D eigenvalue weighted by atomic mass is 79.9. The minimum Gasteiger partial charge on any atom is -0.508 e. The van der Waals surface area contributed by atoms with Crippen LogP contribution in [-0.2, 0) is 10.3 Å². The summed E-state index contributed by atoms with van der Waals surface area (Å²) in [6.07, 6.45) is 3.03. The highest BCUT2D eigenvalue weighted by molar-refractivity contribution is 9.10. The topological polar surface area (TPSA) is 49.7 Å². The Hall–Kier alpha value is -0.830. The Kier molecular flexibility index (Phi) is 2.59. The number of carbonyl (C=O) groups excluding carboxylic acids is 1. The molecule has 0 amide bonds. The summed E-state index contributed by atoms with van der Waals surface area (Å²) < 4.78 is 0.622. The van der Waals surface area contributed by atoms with Gasteiger partial charge < -0.3 is 5.11 Å². The smallest absolute Gasteiger partial charge is 0.235 e. The van der Waals surface area contributed by atoms with Crippen molar-refractivity contribution in [3.8, 4) is 5.75 Å². The van der Waals surface area contributed by atoms with Crippen LogP contribution in [0, 0.1) is 0 Å². The lowest BCUT2D eigenvalue weighted by Crippen LogP contribution is -2.02. The summed E-state index contributed by atoms with van der Waals surface area (Å²) in [5.41, 5.74) is 0.00921. The molecule has 1 aliphatic rings. The fraction of sp³-hybridized carbons (Fsp3) is 0.300. The number of aliphatic imine (C=N–C) groups is 1. The molecule has 1 aliphatic carbocycles. The van der Waals surface area contributed by atoms with E-state index in [0.717, 1.165) is 12.8 Å². The predicted molar refractivity (Wildman–Crippen MR) is 59.9 cm³/mol. The Morgan fingerprint density at radius 2 is 2.20 bits per heavy atom. The molecule has 78 valence electrons. The third kappa shape index (κ3) is 1.81. The van der Waals surface area contributed by atoms with E-state index in [2.05, 4.69) is 20.9 Å². The Bertz CT molecular complexity index is 465. The highest BCUT2D eigenvalue weighted by Crippen LogP contribution is 2.53. The maximum atomic E-state index is 10.3. The first-order valence-electron chi connectivity index (χ1n) is 4.36. The Morgan fingerprint density at radius 3 is 2.73 bits per heavy atom. The number of halogens is 2. The molecule has 15 heavy (non-hydrogen) atoms. The van der Waals surface area contributed by atoms with E-state index in [4.69, 9.17) is 11.6 Å². The largest absolute Gasteiger partial charge is 0.508 e. The highest BCUT2D eigenvalue weighted by Gasteiger charge is 2.46. The maximum absolute atomic E-state index is 10.3. The summed E-state index contributed by atoms with van der Waals surface area (Å²) in [6, 6.07) is 3.15. The molecule has 3 nitrogen and oxygen atoms in total. The number of aromatic hydroxyl groups is 1. The Labute approximate surface area is 99.9 Å². The number of nitrogens with zero attached hydrogens (tertiary/aromatic N) is 1. The molecule has 1 saturated carbocycles. The lowest BCUT2D eigenvalue weighted by molar-refractivity contribution is 0.459. The van der Waals surface area contributed by atoms with E-state index in [9.17, 15) is 9.90 Å². The summed E-state index contributed by atoms with van der Waals surface area (Å²) >= 11 is 9.13. The quantitative estimate of drug-likeness (QED) is 0.671. The standard InChI is InChI=1S/C10H7BrClNO2/c11-7-4-9(15)6(3-8(7)12)10(1-2-10)13-5-14/h3-4,15H,1-2H2. The Morgan fingerprint density at radius 1 is 1.53 bits per heavy atom. The van der Waals surface area contributed by atoms with E-state index >= 15 is 0 Å². The van der Waals surface area contributed by atoms with E-state index in [-0.39, 0.29) is 5.75 Å². The van der Waals surface area contributed by atoms with E-state index in [1.807, 2.05) is 0 Å². The van der Waals surface area contributed by atoms with Crippen LogP contribution in [0.2, 0.25) is 5.02 Å². The number of phenols is 1. The minimum atomic E-state index is -0.587. The molecule has 0 heterocycles. The predicted octanol–water partition coefficient (Wildman–Crippen LogP) is 3.13. The van der Waals surface area contributed by atoms with Gasteiger partial charge in [-0.25, -0.2) is 4.79 Å². The van der Waals surface area contributed by atoms with Gasteiger partial charge in [-0.2, -0.15) is 4.99 Å². The average Bonchev–Trinajstić information content (AvgIpc) is 2.93. The molecule has 0 atom stereocenters. The van der Waals surface area contributed by atoms with Crippen LogP contribution in [0.4, 0.5) is 0 Å². The van der Waals surface area contributed by atoms with Crippen molar-refractivity contribution in [3.05, 3.63) is 27.2 Å². The number of isocyanates is 1. The van der Waals surface area contributed by atoms with E-state index in [0.29, 0.717) is 15.1 Å². The van der Waals surface area contributed by atoms with Gasteiger partial charge in [-0.15, -0.1) is 0 Å². The lowest BCUT2D eigenvalue weighted by Gasteiger charge is -2.11. The third-order valence-electron chi connectivity index (χ3n) is 2.52. The average molecular weight is 289 g/mol. The first-order chi connectivity index (χ1) is 7.09. The van der Waals surface area contributed by atoms with Crippen molar-refractivity contribution in [1.82, 2.24) is 0 Å². The number of rotatable bonds is 2. The summed E-state index contributed by atoms with van der Waals surface area (Å²) in [6.45, 7) is 0. The first kappa shape index (κ1) is 10.7. The fourth-order valence-electron chi connectivity index (χ4n) is 1.56. The van der Waals surface area contributed by atoms with Gasteiger partial charge in [-0.1, -0.05) is 11.6 Å². The summed E-state index contributed by atoms with van der Waals surface area (Å²) in [4.78, 5) is 14.0. The van der Waals surface area contributed by atoms with Gasteiger partial charge in [0.15, 0.2) is 0 Å². The van der Waals surface area contributed by atoms with Crippen molar-refractivity contribution in [2.45, 2.75) is 18.4 Å². The molecule has 2 rings (SSSR count). The van der Waals surface area contributed by atoms with Crippen LogP contribution in [0.1, 0.15) is 18.4 Å². The molecule has 0 aromatic heterocycles. The van der Waals surface area contributed by atoms with Crippen LogP contribution in [0.15, 0.2) is 21.6 Å². The minimum absolute atomic E-state index is 0.0998. The van der Waals surface area contributed by atoms with Gasteiger partial charge in [0.2, 0.25) is 6.08 Å². The van der Waals surface area contributed by atoms with Gasteiger partial charge in [0.05, 0.1) is 5.02 Å². The van der Waals surface area contributed by atoms with Gasteiger partial charge in [0.1, 0.15) is 11.3 Å². The molecule has 1 fully saturated rings. The van der Waals surface area contributed by atoms with Crippen LogP contribution in [0.3, 0.4) is 0 Å². The van der Waals surface area contributed by atoms with E-state index in [1.54, 1.807) is 6.07 Å². The van der Waals surface area contributed by atoms with Gasteiger partial charge in [0, 0.05) is 10.0 Å². The summed E-state index contributed by atoms with van der Waals surface area (Å²) in [7, 11) is 0. The molecule has 0 radical (unpaired) electrons. The second-order valence-electron chi connectivity index (χ2n) is 3.52. The summed E-state index contributed by atoms with van der Waals surface area (Å²) in [5.74, 6) is 0.0998. The number of benzene rings is 1. The number of hydrogen-bond acceptors (Lipinski definition) is 3. The molecule has 5 heteroatoms.